The van der Waals surface area contributed by atoms with Gasteiger partial charge in [0.15, 0.2) is 0 Å². The fraction of sp³-hybridized carbons (Fsp3) is 0.222. The molecule has 0 amide bonds. The van der Waals surface area contributed by atoms with Gasteiger partial charge in [-0.15, -0.1) is 0 Å². The average Bonchev–Trinajstić information content (AvgIpc) is 2.42. The van der Waals surface area contributed by atoms with E-state index in [0.29, 0.717) is 16.9 Å². The van der Waals surface area contributed by atoms with E-state index in [-0.39, 0.29) is 56.9 Å². The van der Waals surface area contributed by atoms with Crippen molar-refractivity contribution in [1.29, 1.82) is 0 Å². The maximum Gasteiger partial charge on any atom is 1.00 e. The molecule has 0 N–H and O–H groups in total. The third kappa shape index (κ3) is 2.14. The summed E-state index contributed by atoms with van der Waals surface area (Å²) >= 11 is 0. The summed E-state index contributed by atoms with van der Waals surface area (Å²) < 4.78 is 1.50. The van der Waals surface area contributed by atoms with E-state index in [1.807, 2.05) is 0 Å². The van der Waals surface area contributed by atoms with Gasteiger partial charge in [-0.05, 0) is 13.8 Å². The Kier molecular flexibility index (Phi) is 4.02. The second kappa shape index (κ2) is 4.71. The van der Waals surface area contributed by atoms with Gasteiger partial charge in [-0.25, -0.2) is 4.52 Å². The van der Waals surface area contributed by atoms with E-state index in [9.17, 15) is 9.90 Å². The van der Waals surface area contributed by atoms with Crippen molar-refractivity contribution in [1.82, 2.24) is 14.6 Å². The summed E-state index contributed by atoms with van der Waals surface area (Å²) in [7, 11) is 0. The zero-order chi connectivity index (χ0) is 10.3. The van der Waals surface area contributed by atoms with Gasteiger partial charge in [0.05, 0.1) is 22.9 Å². The summed E-state index contributed by atoms with van der Waals surface area (Å²) in [6.07, 6.45) is 3.19. The van der Waals surface area contributed by atoms with Crippen molar-refractivity contribution >= 4 is 11.5 Å². The Bertz CT molecular complexity index is 521. The van der Waals surface area contributed by atoms with Crippen molar-refractivity contribution in [2.75, 3.05) is 0 Å². The summed E-state index contributed by atoms with van der Waals surface area (Å²) in [5, 5.41) is 14.9. The van der Waals surface area contributed by atoms with Crippen LogP contribution in [0.3, 0.4) is 0 Å². The smallest absolute Gasteiger partial charge is 0.545 e. The van der Waals surface area contributed by atoms with Crippen LogP contribution in [0.4, 0.5) is 0 Å². The van der Waals surface area contributed by atoms with E-state index in [4.69, 9.17) is 0 Å². The van der Waals surface area contributed by atoms with Crippen molar-refractivity contribution in [2.24, 2.45) is 0 Å². The quantitative estimate of drug-likeness (QED) is 0.481. The zero-order valence-corrected chi connectivity index (χ0v) is 11.9. The molecule has 0 atom stereocenters. The van der Waals surface area contributed by atoms with E-state index in [1.54, 1.807) is 26.2 Å². The number of hydrogen-bond acceptors (Lipinski definition) is 4. The predicted octanol–water partition coefficient (Wildman–Crippen LogP) is -3.29. The summed E-state index contributed by atoms with van der Waals surface area (Å²) in [4.78, 5) is 14.9. The number of carboxylic acids is 1. The molecule has 5 nitrogen and oxygen atoms in total. The van der Waals surface area contributed by atoms with Crippen molar-refractivity contribution in [3.05, 3.63) is 29.3 Å². The molecule has 0 spiro atoms. The molecule has 2 aromatic heterocycles. The summed E-state index contributed by atoms with van der Waals surface area (Å²) in [6.45, 7) is 3.38. The van der Waals surface area contributed by atoms with Gasteiger partial charge >= 0.3 is 51.4 Å². The van der Waals surface area contributed by atoms with E-state index in [1.165, 1.54) is 4.52 Å². The number of aromatic nitrogens is 3. The first-order chi connectivity index (χ1) is 6.61. The molecule has 2 rings (SSSR count). The zero-order valence-electron chi connectivity index (χ0n) is 8.81. The standard InChI is InChI=1S/C9H9N3O2.K/c1-5-7(9(13)14)8-6(2)10-3-4-12(8)11-5;/h3-4H,1-2H3,(H,13,14);/q;+1/p-1. The van der Waals surface area contributed by atoms with Crippen molar-refractivity contribution in [2.45, 2.75) is 13.8 Å². The molecule has 15 heavy (non-hydrogen) atoms. The average molecular weight is 229 g/mol. The van der Waals surface area contributed by atoms with Crippen LogP contribution in [0.5, 0.6) is 0 Å². The van der Waals surface area contributed by atoms with Crippen LogP contribution in [0.15, 0.2) is 12.4 Å². The van der Waals surface area contributed by atoms with Gasteiger partial charge in [0.1, 0.15) is 0 Å². The van der Waals surface area contributed by atoms with E-state index >= 15 is 0 Å². The maximum atomic E-state index is 10.9. The number of carboxylic acid groups (broad SMARTS) is 1. The number of rotatable bonds is 1. The van der Waals surface area contributed by atoms with Crippen LogP contribution in [-0.4, -0.2) is 20.6 Å². The molecule has 0 saturated carbocycles. The first-order valence-electron chi connectivity index (χ1n) is 4.13. The van der Waals surface area contributed by atoms with E-state index in [2.05, 4.69) is 10.1 Å². The molecule has 0 aromatic carbocycles. The fourth-order valence-electron chi connectivity index (χ4n) is 1.52. The molecular weight excluding hydrogens is 221 g/mol. The number of aryl methyl sites for hydroxylation is 2. The summed E-state index contributed by atoms with van der Waals surface area (Å²) in [5.41, 5.74) is 1.70. The van der Waals surface area contributed by atoms with Crippen LogP contribution in [-0.2, 0) is 0 Å². The van der Waals surface area contributed by atoms with Crippen LogP contribution >= 0.6 is 0 Å². The number of carbonyl (C=O) groups is 1. The first kappa shape index (κ1) is 12.8. The van der Waals surface area contributed by atoms with Gasteiger partial charge in [-0.3, -0.25) is 4.98 Å². The molecule has 72 valence electrons. The maximum absolute atomic E-state index is 10.9. The molecule has 2 aromatic rings. The SMILES string of the molecule is Cc1nn2ccnc(C)c2c1C(=O)[O-].[K+]. The molecule has 6 heteroatoms. The van der Waals surface area contributed by atoms with Crippen molar-refractivity contribution in [3.8, 4) is 0 Å². The molecule has 2 heterocycles. The number of carbonyl (C=O) groups excluding carboxylic acids is 1. The molecule has 0 aliphatic rings. The molecule has 0 radical (unpaired) electrons. The third-order valence-electron chi connectivity index (χ3n) is 2.11. The van der Waals surface area contributed by atoms with Gasteiger partial charge in [-0.2, -0.15) is 5.10 Å². The first-order valence-corrected chi connectivity index (χ1v) is 4.13. The van der Waals surface area contributed by atoms with Crippen molar-refractivity contribution < 1.29 is 61.3 Å². The summed E-state index contributed by atoms with van der Waals surface area (Å²) in [6, 6.07) is 0. The number of fused-ring (bicyclic) bond motifs is 1. The van der Waals surface area contributed by atoms with Crippen LogP contribution < -0.4 is 56.5 Å². The minimum atomic E-state index is -1.21. The van der Waals surface area contributed by atoms with Gasteiger partial charge in [0.2, 0.25) is 0 Å². The number of aromatic carboxylic acids is 1. The Morgan fingerprint density at radius 2 is 2.07 bits per heavy atom. The molecule has 0 unspecified atom stereocenters. The van der Waals surface area contributed by atoms with Crippen LogP contribution in [0.1, 0.15) is 21.7 Å². The van der Waals surface area contributed by atoms with Crippen LogP contribution in [0.2, 0.25) is 0 Å². The van der Waals surface area contributed by atoms with Gasteiger partial charge < -0.3 is 9.90 Å². The molecule has 0 aliphatic heterocycles. The fourth-order valence-corrected chi connectivity index (χ4v) is 1.52. The number of hydrogen-bond donors (Lipinski definition) is 0. The number of nitrogens with zero attached hydrogens (tertiary/aromatic N) is 3. The summed E-state index contributed by atoms with van der Waals surface area (Å²) in [5.74, 6) is -1.21. The molecule has 0 saturated heterocycles. The van der Waals surface area contributed by atoms with Gasteiger partial charge in [0.25, 0.3) is 0 Å². The Labute approximate surface area is 129 Å². The minimum absolute atomic E-state index is 0. The molecule has 0 bridgehead atoms. The van der Waals surface area contributed by atoms with E-state index in [0.717, 1.165) is 0 Å². The Morgan fingerprint density at radius 1 is 1.40 bits per heavy atom. The van der Waals surface area contributed by atoms with Crippen molar-refractivity contribution in [3.63, 3.8) is 0 Å². The van der Waals surface area contributed by atoms with Gasteiger partial charge in [-0.1, -0.05) is 0 Å². The Hall–Kier alpha value is -0.274. The Balaban J connectivity index is 0.00000112. The van der Waals surface area contributed by atoms with E-state index < -0.39 is 5.97 Å². The van der Waals surface area contributed by atoms with Crippen LogP contribution in [0.25, 0.3) is 5.52 Å². The third-order valence-corrected chi connectivity index (χ3v) is 2.11. The van der Waals surface area contributed by atoms with Gasteiger partial charge in [0, 0.05) is 18.0 Å². The predicted molar refractivity (Wildman–Crippen MR) is 46.8 cm³/mol. The normalized spacial score (nSPS) is 10.0. The topological polar surface area (TPSA) is 70.3 Å². The largest absolute Gasteiger partial charge is 1.00 e. The molecular formula is C9H8KN3O2. The Morgan fingerprint density at radius 3 is 2.67 bits per heavy atom. The second-order valence-electron chi connectivity index (χ2n) is 3.05. The second-order valence-corrected chi connectivity index (χ2v) is 3.05. The monoisotopic (exact) mass is 229 g/mol. The molecule has 0 fully saturated rings. The minimum Gasteiger partial charge on any atom is -0.545 e. The van der Waals surface area contributed by atoms with Crippen LogP contribution in [0, 0.1) is 13.8 Å². The molecule has 0 aliphatic carbocycles.